The highest BCUT2D eigenvalue weighted by atomic mass is 15.2. The molecule has 0 aromatic rings. The van der Waals surface area contributed by atoms with Crippen LogP contribution in [-0.4, -0.2) is 18.1 Å². The average Bonchev–Trinajstić information content (AvgIpc) is 2.34. The zero-order valence-electron chi connectivity index (χ0n) is 6.41. The lowest BCUT2D eigenvalue weighted by molar-refractivity contribution is 0.347. The molecule has 0 aromatic carbocycles. The number of allylic oxidation sites excluding steroid dienone is 1. The highest BCUT2D eigenvalue weighted by Gasteiger charge is 2.21. The van der Waals surface area contributed by atoms with Crippen molar-refractivity contribution >= 4 is 0 Å². The van der Waals surface area contributed by atoms with Crippen molar-refractivity contribution in [2.75, 3.05) is 7.05 Å². The van der Waals surface area contributed by atoms with Crippen LogP contribution in [0, 0.1) is 0 Å². The summed E-state index contributed by atoms with van der Waals surface area (Å²) in [5.74, 6) is 0. The van der Waals surface area contributed by atoms with Gasteiger partial charge < -0.3 is 16.0 Å². The maximum atomic E-state index is 5.66. The molecule has 3 N–H and O–H groups in total. The van der Waals surface area contributed by atoms with E-state index in [1.165, 1.54) is 5.57 Å². The molecule has 0 bridgehead atoms. The van der Waals surface area contributed by atoms with E-state index in [1.807, 2.05) is 31.6 Å². The minimum absolute atomic E-state index is 0.294. The van der Waals surface area contributed by atoms with Crippen LogP contribution >= 0.6 is 0 Å². The quantitative estimate of drug-likeness (QED) is 0.513. The molecule has 0 saturated carbocycles. The number of likely N-dealkylation sites (N-methyl/N-ethyl adjacent to an activating group) is 1. The predicted octanol–water partition coefficient (Wildman–Crippen LogP) is 0.101. The van der Waals surface area contributed by atoms with E-state index in [2.05, 4.69) is 10.2 Å². The number of fused-ring (bicyclic) bond motifs is 1. The van der Waals surface area contributed by atoms with E-state index >= 15 is 0 Å². The minimum Gasteiger partial charge on any atom is -0.398 e. The molecule has 0 spiro atoms. The molecule has 0 amide bonds. The molecule has 11 heavy (non-hydrogen) atoms. The first kappa shape index (κ1) is 6.34. The maximum absolute atomic E-state index is 5.66. The third-order valence-corrected chi connectivity index (χ3v) is 1.94. The first-order valence-corrected chi connectivity index (χ1v) is 3.61. The maximum Gasteiger partial charge on any atom is 0.125 e. The van der Waals surface area contributed by atoms with Crippen molar-refractivity contribution in [1.29, 1.82) is 0 Å². The molecule has 0 radical (unpaired) electrons. The van der Waals surface area contributed by atoms with Gasteiger partial charge in [-0.2, -0.15) is 0 Å². The van der Waals surface area contributed by atoms with Crippen LogP contribution in [0.25, 0.3) is 0 Å². The molecular formula is C8H11N3. The summed E-state index contributed by atoms with van der Waals surface area (Å²) in [5.41, 5.74) is 7.70. The fourth-order valence-corrected chi connectivity index (χ4v) is 1.44. The van der Waals surface area contributed by atoms with Crippen molar-refractivity contribution in [1.82, 2.24) is 10.2 Å². The molecular weight excluding hydrogens is 138 g/mol. The Bertz CT molecular complexity index is 263. The molecule has 2 heterocycles. The Kier molecular flexibility index (Phi) is 1.18. The van der Waals surface area contributed by atoms with E-state index in [4.69, 9.17) is 5.73 Å². The van der Waals surface area contributed by atoms with Gasteiger partial charge in [0.25, 0.3) is 0 Å². The van der Waals surface area contributed by atoms with Gasteiger partial charge >= 0.3 is 0 Å². The summed E-state index contributed by atoms with van der Waals surface area (Å²) in [6.45, 7) is 0. The van der Waals surface area contributed by atoms with Crippen LogP contribution in [0.2, 0.25) is 0 Å². The average molecular weight is 149 g/mol. The molecule has 3 nitrogen and oxygen atoms in total. The van der Waals surface area contributed by atoms with Crippen molar-refractivity contribution < 1.29 is 0 Å². The van der Waals surface area contributed by atoms with Crippen molar-refractivity contribution in [2.24, 2.45) is 5.73 Å². The SMILES string of the molecule is CN1C=C(N)C=C2C=CNC21. The Morgan fingerprint density at radius 2 is 2.45 bits per heavy atom. The Hall–Kier alpha value is -1.38. The summed E-state index contributed by atoms with van der Waals surface area (Å²) >= 11 is 0. The standard InChI is InChI=1S/C8H11N3/c1-11-5-7(9)4-6-2-3-10-8(6)11/h2-5,8,10H,9H2,1H3. The Morgan fingerprint density at radius 1 is 1.64 bits per heavy atom. The molecule has 1 unspecified atom stereocenters. The minimum atomic E-state index is 0.294. The summed E-state index contributed by atoms with van der Waals surface area (Å²) in [4.78, 5) is 2.06. The zero-order valence-corrected chi connectivity index (χ0v) is 6.41. The number of hydrogen-bond acceptors (Lipinski definition) is 3. The van der Waals surface area contributed by atoms with Crippen LogP contribution in [0.3, 0.4) is 0 Å². The Balaban J connectivity index is 2.35. The van der Waals surface area contributed by atoms with E-state index in [9.17, 15) is 0 Å². The fraction of sp³-hybridized carbons (Fsp3) is 0.250. The number of nitrogens with zero attached hydrogens (tertiary/aromatic N) is 1. The van der Waals surface area contributed by atoms with E-state index in [-0.39, 0.29) is 0 Å². The first-order chi connectivity index (χ1) is 5.27. The number of rotatable bonds is 0. The molecule has 0 saturated heterocycles. The van der Waals surface area contributed by atoms with Gasteiger partial charge in [-0.05, 0) is 23.9 Å². The van der Waals surface area contributed by atoms with Gasteiger partial charge in [-0.1, -0.05) is 0 Å². The third kappa shape index (κ3) is 0.888. The second-order valence-electron chi connectivity index (χ2n) is 2.84. The zero-order chi connectivity index (χ0) is 7.84. The van der Waals surface area contributed by atoms with Crippen LogP contribution in [0.5, 0.6) is 0 Å². The molecule has 1 atom stereocenters. The smallest absolute Gasteiger partial charge is 0.125 e. The molecule has 3 heteroatoms. The van der Waals surface area contributed by atoms with Crippen molar-refractivity contribution in [2.45, 2.75) is 6.17 Å². The second kappa shape index (κ2) is 2.05. The summed E-state index contributed by atoms with van der Waals surface area (Å²) in [6.07, 6.45) is 8.19. The van der Waals surface area contributed by atoms with Gasteiger partial charge in [0.15, 0.2) is 0 Å². The van der Waals surface area contributed by atoms with Gasteiger partial charge in [0, 0.05) is 18.9 Å². The van der Waals surface area contributed by atoms with Crippen molar-refractivity contribution in [3.05, 3.63) is 35.8 Å². The molecule has 0 fully saturated rings. The molecule has 2 aliphatic rings. The fourth-order valence-electron chi connectivity index (χ4n) is 1.44. The Labute approximate surface area is 65.9 Å². The second-order valence-corrected chi connectivity index (χ2v) is 2.84. The molecule has 2 aliphatic heterocycles. The van der Waals surface area contributed by atoms with Gasteiger partial charge in [0.2, 0.25) is 0 Å². The van der Waals surface area contributed by atoms with Gasteiger partial charge in [-0.3, -0.25) is 0 Å². The highest BCUT2D eigenvalue weighted by Crippen LogP contribution is 2.19. The largest absolute Gasteiger partial charge is 0.398 e. The molecule has 58 valence electrons. The molecule has 0 aromatic heterocycles. The number of hydrogen-bond donors (Lipinski definition) is 2. The van der Waals surface area contributed by atoms with Crippen LogP contribution in [0.4, 0.5) is 0 Å². The summed E-state index contributed by atoms with van der Waals surface area (Å²) < 4.78 is 0. The summed E-state index contributed by atoms with van der Waals surface area (Å²) in [6, 6.07) is 0. The third-order valence-electron chi connectivity index (χ3n) is 1.94. The van der Waals surface area contributed by atoms with Crippen LogP contribution in [0.15, 0.2) is 35.8 Å². The van der Waals surface area contributed by atoms with E-state index < -0.39 is 0 Å². The lowest BCUT2D eigenvalue weighted by atomic mass is 10.1. The first-order valence-electron chi connectivity index (χ1n) is 3.61. The van der Waals surface area contributed by atoms with Crippen LogP contribution in [0.1, 0.15) is 0 Å². The number of nitrogens with one attached hydrogen (secondary N) is 1. The van der Waals surface area contributed by atoms with Gasteiger partial charge in [0.05, 0.1) is 0 Å². The van der Waals surface area contributed by atoms with Crippen molar-refractivity contribution in [3.8, 4) is 0 Å². The summed E-state index contributed by atoms with van der Waals surface area (Å²) in [7, 11) is 2.00. The van der Waals surface area contributed by atoms with Gasteiger partial charge in [-0.25, -0.2) is 0 Å². The lowest BCUT2D eigenvalue weighted by Gasteiger charge is -2.28. The van der Waals surface area contributed by atoms with Gasteiger partial charge in [-0.15, -0.1) is 0 Å². The van der Waals surface area contributed by atoms with Crippen molar-refractivity contribution in [3.63, 3.8) is 0 Å². The van der Waals surface area contributed by atoms with E-state index in [1.54, 1.807) is 0 Å². The van der Waals surface area contributed by atoms with E-state index in [0.717, 1.165) is 5.70 Å². The van der Waals surface area contributed by atoms with Gasteiger partial charge in [0.1, 0.15) is 6.17 Å². The molecule has 2 rings (SSSR count). The topological polar surface area (TPSA) is 41.3 Å². The van der Waals surface area contributed by atoms with Crippen LogP contribution in [-0.2, 0) is 0 Å². The van der Waals surface area contributed by atoms with E-state index in [0.29, 0.717) is 6.17 Å². The monoisotopic (exact) mass is 149 g/mol. The lowest BCUT2D eigenvalue weighted by Crippen LogP contribution is -2.38. The normalized spacial score (nSPS) is 27.4. The predicted molar refractivity (Wildman–Crippen MR) is 44.2 cm³/mol. The molecule has 0 aliphatic carbocycles. The number of nitrogens with two attached hydrogens (primary N) is 1. The Morgan fingerprint density at radius 3 is 3.27 bits per heavy atom. The highest BCUT2D eigenvalue weighted by molar-refractivity contribution is 5.38. The summed E-state index contributed by atoms with van der Waals surface area (Å²) in [5, 5.41) is 3.21. The van der Waals surface area contributed by atoms with Crippen LogP contribution < -0.4 is 11.1 Å².